The molecule has 0 aromatic heterocycles. The van der Waals surface area contributed by atoms with Gasteiger partial charge in [0.15, 0.2) is 6.10 Å². The minimum Gasteiger partial charge on any atom is -0.497 e. The quantitative estimate of drug-likeness (QED) is 0.428. The summed E-state index contributed by atoms with van der Waals surface area (Å²) in [5.74, 6) is 2.31. The molecule has 176 valence electrons. The summed E-state index contributed by atoms with van der Waals surface area (Å²) in [5.41, 5.74) is 3.54. The largest absolute Gasteiger partial charge is 0.497 e. The second-order valence-corrected chi connectivity index (χ2v) is 8.10. The van der Waals surface area contributed by atoms with Crippen LogP contribution in [0.4, 0.5) is 0 Å². The van der Waals surface area contributed by atoms with E-state index in [4.69, 9.17) is 23.7 Å². The van der Waals surface area contributed by atoms with E-state index in [1.54, 1.807) is 14.2 Å². The summed E-state index contributed by atoms with van der Waals surface area (Å²) in [4.78, 5) is 13.2. The highest BCUT2D eigenvalue weighted by molar-refractivity contribution is 6.04. The molecule has 0 fully saturated rings. The molecule has 0 N–H and O–H groups in total. The van der Waals surface area contributed by atoms with Gasteiger partial charge in [-0.25, -0.2) is 4.79 Å². The van der Waals surface area contributed by atoms with E-state index in [2.05, 4.69) is 0 Å². The van der Waals surface area contributed by atoms with Gasteiger partial charge in [-0.15, -0.1) is 0 Å². The molecular weight excluding hydrogens is 432 g/mol. The van der Waals surface area contributed by atoms with Crippen molar-refractivity contribution in [1.29, 1.82) is 0 Å². The molecule has 0 radical (unpaired) electrons. The monoisotopic (exact) mass is 460 g/mol. The molecular formula is C28H28O6. The van der Waals surface area contributed by atoms with E-state index < -0.39 is 12.1 Å². The van der Waals surface area contributed by atoms with Crippen LogP contribution in [-0.4, -0.2) is 33.4 Å². The topological polar surface area (TPSA) is 63.2 Å². The van der Waals surface area contributed by atoms with Gasteiger partial charge in [-0.05, 0) is 67.4 Å². The Morgan fingerprint density at radius 1 is 0.824 bits per heavy atom. The lowest BCUT2D eigenvalue weighted by Crippen LogP contribution is -2.24. The number of hydrogen-bond donors (Lipinski definition) is 0. The Bertz CT molecular complexity index is 1190. The molecule has 1 heterocycles. The van der Waals surface area contributed by atoms with E-state index in [0.717, 1.165) is 33.8 Å². The lowest BCUT2D eigenvalue weighted by molar-refractivity contribution is -0.137. The number of rotatable bonds is 7. The van der Waals surface area contributed by atoms with Crippen LogP contribution in [0.3, 0.4) is 0 Å². The molecule has 1 aliphatic rings. The van der Waals surface area contributed by atoms with Gasteiger partial charge in [0.05, 0.1) is 33.0 Å². The number of carbonyl (C=O) groups is 1. The zero-order chi connectivity index (χ0) is 24.2. The molecule has 0 amide bonds. The van der Waals surface area contributed by atoms with Crippen molar-refractivity contribution in [2.24, 2.45) is 0 Å². The molecule has 34 heavy (non-hydrogen) atoms. The molecule has 0 saturated heterocycles. The van der Waals surface area contributed by atoms with Crippen LogP contribution in [0.5, 0.6) is 23.0 Å². The fourth-order valence-corrected chi connectivity index (χ4v) is 4.02. The summed E-state index contributed by atoms with van der Waals surface area (Å²) in [6.07, 6.45) is -0.664. The van der Waals surface area contributed by atoms with Gasteiger partial charge in [-0.3, -0.25) is 0 Å². The van der Waals surface area contributed by atoms with Crippen molar-refractivity contribution >= 4 is 11.5 Å². The zero-order valence-electron chi connectivity index (χ0n) is 20.0. The summed E-state index contributed by atoms with van der Waals surface area (Å²) in [5, 5.41) is 0. The number of esters is 1. The fourth-order valence-electron chi connectivity index (χ4n) is 4.02. The van der Waals surface area contributed by atoms with Crippen molar-refractivity contribution in [3.63, 3.8) is 0 Å². The van der Waals surface area contributed by atoms with Gasteiger partial charge in [-0.2, -0.15) is 0 Å². The lowest BCUT2D eigenvalue weighted by Gasteiger charge is -2.31. The SMILES string of the molecule is COC(=O)C1=C(c2ccc(OC)cc2)c2cc(OC(C)C)ccc2OC1c1ccc(OC)cc1. The second-order valence-electron chi connectivity index (χ2n) is 8.10. The van der Waals surface area contributed by atoms with E-state index in [1.165, 1.54) is 7.11 Å². The third-order valence-electron chi connectivity index (χ3n) is 5.57. The molecule has 0 aliphatic carbocycles. The number of ether oxygens (including phenoxy) is 5. The summed E-state index contributed by atoms with van der Waals surface area (Å²) in [6, 6.07) is 20.7. The Kier molecular flexibility index (Phi) is 6.77. The van der Waals surface area contributed by atoms with Crippen LogP contribution in [0, 0.1) is 0 Å². The Hall–Kier alpha value is -3.93. The minimum absolute atomic E-state index is 0.00287. The van der Waals surface area contributed by atoms with Crippen LogP contribution in [0.15, 0.2) is 72.3 Å². The van der Waals surface area contributed by atoms with Crippen molar-refractivity contribution in [2.45, 2.75) is 26.1 Å². The van der Waals surface area contributed by atoms with Crippen LogP contribution in [-0.2, 0) is 9.53 Å². The number of carbonyl (C=O) groups excluding carboxylic acids is 1. The molecule has 0 bridgehead atoms. The molecule has 4 rings (SSSR count). The first-order valence-corrected chi connectivity index (χ1v) is 11.0. The highest BCUT2D eigenvalue weighted by atomic mass is 16.5. The van der Waals surface area contributed by atoms with Gasteiger partial charge in [0.2, 0.25) is 0 Å². The maximum Gasteiger partial charge on any atom is 0.338 e. The van der Waals surface area contributed by atoms with Crippen LogP contribution in [0.25, 0.3) is 5.57 Å². The smallest absolute Gasteiger partial charge is 0.338 e. The zero-order valence-corrected chi connectivity index (χ0v) is 20.0. The third-order valence-corrected chi connectivity index (χ3v) is 5.57. The van der Waals surface area contributed by atoms with E-state index in [9.17, 15) is 4.79 Å². The molecule has 1 aliphatic heterocycles. The van der Waals surface area contributed by atoms with Crippen molar-refractivity contribution in [2.75, 3.05) is 21.3 Å². The van der Waals surface area contributed by atoms with E-state index in [-0.39, 0.29) is 6.10 Å². The van der Waals surface area contributed by atoms with Crippen molar-refractivity contribution in [3.8, 4) is 23.0 Å². The molecule has 0 saturated carbocycles. The standard InChI is InChI=1S/C28H28O6/c1-17(2)33-22-14-15-24-23(16-22)25(18-6-10-20(30-3)11-7-18)26(28(29)32-5)27(34-24)19-8-12-21(31-4)13-9-19/h6-17,27H,1-5H3. The summed E-state index contributed by atoms with van der Waals surface area (Å²) < 4.78 is 28.2. The van der Waals surface area contributed by atoms with Crippen molar-refractivity contribution in [3.05, 3.63) is 89.0 Å². The second kappa shape index (κ2) is 9.91. The summed E-state index contributed by atoms with van der Waals surface area (Å²) in [6.45, 7) is 3.94. The van der Waals surface area contributed by atoms with Gasteiger partial charge < -0.3 is 23.7 Å². The first-order valence-electron chi connectivity index (χ1n) is 11.0. The van der Waals surface area contributed by atoms with Gasteiger partial charge in [0.1, 0.15) is 23.0 Å². The van der Waals surface area contributed by atoms with Crippen LogP contribution >= 0.6 is 0 Å². The number of methoxy groups -OCH3 is 3. The highest BCUT2D eigenvalue weighted by Gasteiger charge is 2.36. The predicted molar refractivity (Wildman–Crippen MR) is 130 cm³/mol. The predicted octanol–water partition coefficient (Wildman–Crippen LogP) is 5.60. The van der Waals surface area contributed by atoms with Gasteiger partial charge in [0.25, 0.3) is 0 Å². The summed E-state index contributed by atoms with van der Waals surface area (Å²) in [7, 11) is 4.60. The van der Waals surface area contributed by atoms with Crippen molar-refractivity contribution < 1.29 is 28.5 Å². The molecule has 1 unspecified atom stereocenters. The van der Waals surface area contributed by atoms with Gasteiger partial charge in [0, 0.05) is 11.1 Å². The third kappa shape index (κ3) is 4.57. The van der Waals surface area contributed by atoms with Crippen molar-refractivity contribution in [1.82, 2.24) is 0 Å². The fraction of sp³-hybridized carbons (Fsp3) is 0.250. The molecule has 3 aromatic rings. The Labute approximate surface area is 199 Å². The molecule has 3 aromatic carbocycles. The van der Waals surface area contributed by atoms with Crippen LogP contribution < -0.4 is 18.9 Å². The minimum atomic E-state index is -0.667. The number of fused-ring (bicyclic) bond motifs is 1. The molecule has 6 heteroatoms. The average Bonchev–Trinajstić information content (AvgIpc) is 2.87. The average molecular weight is 461 g/mol. The van der Waals surface area contributed by atoms with Gasteiger partial charge in [-0.1, -0.05) is 24.3 Å². The number of benzene rings is 3. The normalized spacial score (nSPS) is 14.8. The van der Waals surface area contributed by atoms with E-state index in [1.807, 2.05) is 80.6 Å². The molecule has 6 nitrogen and oxygen atoms in total. The van der Waals surface area contributed by atoms with Crippen LogP contribution in [0.2, 0.25) is 0 Å². The maximum absolute atomic E-state index is 13.2. The first-order chi connectivity index (χ1) is 16.4. The maximum atomic E-state index is 13.2. The number of hydrogen-bond acceptors (Lipinski definition) is 6. The molecule has 1 atom stereocenters. The van der Waals surface area contributed by atoms with E-state index >= 15 is 0 Å². The Morgan fingerprint density at radius 2 is 1.41 bits per heavy atom. The van der Waals surface area contributed by atoms with Crippen LogP contribution in [0.1, 0.15) is 36.6 Å². The Balaban J connectivity index is 1.96. The first kappa shape index (κ1) is 23.2. The Morgan fingerprint density at radius 3 is 1.97 bits per heavy atom. The lowest BCUT2D eigenvalue weighted by atomic mass is 9.85. The highest BCUT2D eigenvalue weighted by Crippen LogP contribution is 2.47. The summed E-state index contributed by atoms with van der Waals surface area (Å²) >= 11 is 0. The van der Waals surface area contributed by atoms with E-state index in [0.29, 0.717) is 17.1 Å². The molecule has 0 spiro atoms. The van der Waals surface area contributed by atoms with Gasteiger partial charge >= 0.3 is 5.97 Å².